The minimum Gasteiger partial charge on any atom is -0.458 e. The Bertz CT molecular complexity index is 765. The molecule has 4 N–H and O–H groups in total. The lowest BCUT2D eigenvalue weighted by molar-refractivity contribution is -0.171. The Morgan fingerprint density at radius 3 is 1.42 bits per heavy atom. The van der Waals surface area contributed by atoms with Crippen molar-refractivity contribution in [1.82, 2.24) is 21.3 Å². The molecule has 4 amide bonds. The zero-order valence-corrected chi connectivity index (χ0v) is 20.2. The molecule has 0 bridgehead atoms. The summed E-state index contributed by atoms with van der Waals surface area (Å²) in [6.07, 6.45) is 0. The molecule has 0 saturated heterocycles. The quantitative estimate of drug-likeness (QED) is 0.180. The van der Waals surface area contributed by atoms with Gasteiger partial charge in [0.2, 0.25) is 29.7 Å². The molecule has 0 aliphatic rings. The van der Waals surface area contributed by atoms with E-state index >= 15 is 0 Å². The van der Waals surface area contributed by atoms with Gasteiger partial charge in [0.15, 0.2) is 0 Å². The summed E-state index contributed by atoms with van der Waals surface area (Å²) in [5.41, 5.74) is -1.61. The normalized spacial score (nSPS) is 11.2. The van der Waals surface area contributed by atoms with E-state index < -0.39 is 65.9 Å². The number of esters is 2. The molecular weight excluding hydrogens is 436 g/mol. The molecule has 0 unspecified atom stereocenters. The molecule has 0 saturated carbocycles. The molecule has 33 heavy (non-hydrogen) atoms. The highest BCUT2D eigenvalue weighted by Gasteiger charge is 2.36. The third-order valence-electron chi connectivity index (χ3n) is 3.28. The summed E-state index contributed by atoms with van der Waals surface area (Å²) in [6, 6.07) is -1.73. The van der Waals surface area contributed by atoms with Gasteiger partial charge < -0.3 is 30.7 Å². The van der Waals surface area contributed by atoms with E-state index in [4.69, 9.17) is 9.47 Å². The van der Waals surface area contributed by atoms with Gasteiger partial charge >= 0.3 is 11.9 Å². The molecule has 0 aromatic carbocycles. The summed E-state index contributed by atoms with van der Waals surface area (Å²) in [5, 5.41) is 8.96. The van der Waals surface area contributed by atoms with Crippen molar-refractivity contribution in [3.63, 3.8) is 0 Å². The summed E-state index contributed by atoms with van der Waals surface area (Å²) in [4.78, 5) is 71.7. The third kappa shape index (κ3) is 14.3. The largest absolute Gasteiger partial charge is 0.458 e. The fraction of sp³-hybridized carbons (Fsp3) is 0.619. The van der Waals surface area contributed by atoms with Crippen LogP contribution in [0.25, 0.3) is 0 Å². The average molecular weight is 471 g/mol. The Kier molecular flexibility index (Phi) is 11.3. The maximum atomic E-state index is 12.4. The van der Waals surface area contributed by atoms with Crippen molar-refractivity contribution in [3.05, 3.63) is 12.2 Å². The number of hydrogen-bond acceptors (Lipinski definition) is 8. The van der Waals surface area contributed by atoms with Crippen molar-refractivity contribution < 1.29 is 38.2 Å². The van der Waals surface area contributed by atoms with Crippen molar-refractivity contribution in [2.24, 2.45) is 0 Å². The molecular formula is C21H34N4O8. The lowest BCUT2D eigenvalue weighted by Gasteiger charge is -2.26. The Labute approximate surface area is 193 Å². The number of carbonyl (C=O) groups is 6. The second-order valence-electron chi connectivity index (χ2n) is 9.08. The maximum absolute atomic E-state index is 12.4. The smallest absolute Gasteiger partial charge is 0.340 e. The first-order chi connectivity index (χ1) is 14.9. The molecule has 0 aromatic heterocycles. The SMILES string of the molecule is C=C(C)C(=O)NCC(=O)NCC(=O)NCC(=O)NC(C(=O)OC(C)(C)C)C(=O)OC(C)(C)C. The Morgan fingerprint density at radius 2 is 1.06 bits per heavy atom. The van der Waals surface area contributed by atoms with Gasteiger partial charge in [-0.3, -0.25) is 19.2 Å². The zero-order chi connectivity index (χ0) is 26.0. The summed E-state index contributed by atoms with van der Waals surface area (Å²) < 4.78 is 10.3. The number of hydrogen-bond donors (Lipinski definition) is 4. The topological polar surface area (TPSA) is 169 Å². The van der Waals surface area contributed by atoms with E-state index in [0.717, 1.165) is 0 Å². The highest BCUT2D eigenvalue weighted by molar-refractivity contribution is 6.03. The van der Waals surface area contributed by atoms with Crippen molar-refractivity contribution in [2.75, 3.05) is 19.6 Å². The first-order valence-electron chi connectivity index (χ1n) is 10.1. The van der Waals surface area contributed by atoms with Crippen molar-refractivity contribution in [3.8, 4) is 0 Å². The van der Waals surface area contributed by atoms with E-state index in [-0.39, 0.29) is 12.1 Å². The van der Waals surface area contributed by atoms with Gasteiger partial charge in [-0.15, -0.1) is 0 Å². The fourth-order valence-electron chi connectivity index (χ4n) is 1.94. The van der Waals surface area contributed by atoms with Crippen molar-refractivity contribution in [2.45, 2.75) is 65.7 Å². The van der Waals surface area contributed by atoms with Crippen LogP contribution in [0.3, 0.4) is 0 Å². The summed E-state index contributed by atoms with van der Waals surface area (Å²) >= 11 is 0. The lowest BCUT2D eigenvalue weighted by atomic mass is 10.1. The molecule has 0 aliphatic carbocycles. The average Bonchev–Trinajstić information content (AvgIpc) is 2.63. The van der Waals surface area contributed by atoms with Gasteiger partial charge in [0.25, 0.3) is 0 Å². The molecule has 0 spiro atoms. The van der Waals surface area contributed by atoms with Crippen LogP contribution in [0.15, 0.2) is 12.2 Å². The molecule has 0 fully saturated rings. The fourth-order valence-corrected chi connectivity index (χ4v) is 1.94. The second-order valence-corrected chi connectivity index (χ2v) is 9.08. The standard InChI is InChI=1S/C21H34N4O8/c1-12(2)17(29)24-10-14(27)22-9-13(26)23-11-15(28)25-16(18(30)32-20(3,4)5)19(31)33-21(6,7)8/h16H,1,9-11H2,2-8H3,(H,22,27)(H,23,26)(H,24,29)(H,25,28). The molecule has 0 aromatic rings. The van der Waals surface area contributed by atoms with E-state index in [0.29, 0.717) is 0 Å². The van der Waals surface area contributed by atoms with Crippen LogP contribution in [0, 0.1) is 0 Å². The molecule has 0 radical (unpaired) electrons. The van der Waals surface area contributed by atoms with Gasteiger partial charge in [-0.1, -0.05) is 6.58 Å². The van der Waals surface area contributed by atoms with Crippen LogP contribution >= 0.6 is 0 Å². The zero-order valence-electron chi connectivity index (χ0n) is 20.2. The number of rotatable bonds is 10. The van der Waals surface area contributed by atoms with E-state index in [1.54, 1.807) is 41.5 Å². The highest BCUT2D eigenvalue weighted by atomic mass is 16.6. The second kappa shape index (κ2) is 12.6. The first-order valence-corrected chi connectivity index (χ1v) is 10.1. The third-order valence-corrected chi connectivity index (χ3v) is 3.28. The minimum absolute atomic E-state index is 0.225. The number of nitrogens with one attached hydrogen (secondary N) is 4. The first kappa shape index (κ1) is 29.6. The van der Waals surface area contributed by atoms with Crippen LogP contribution in [0.1, 0.15) is 48.5 Å². The number of ether oxygens (including phenoxy) is 2. The van der Waals surface area contributed by atoms with Gasteiger partial charge in [0, 0.05) is 5.57 Å². The van der Waals surface area contributed by atoms with Gasteiger partial charge in [-0.05, 0) is 48.5 Å². The molecule has 0 heterocycles. The molecule has 0 aliphatic heterocycles. The van der Waals surface area contributed by atoms with Crippen LogP contribution in [0.5, 0.6) is 0 Å². The van der Waals surface area contributed by atoms with Gasteiger partial charge in [-0.25, -0.2) is 9.59 Å². The van der Waals surface area contributed by atoms with Crippen molar-refractivity contribution >= 4 is 35.6 Å². The monoisotopic (exact) mass is 470 g/mol. The van der Waals surface area contributed by atoms with Crippen LogP contribution in [0.4, 0.5) is 0 Å². The predicted octanol–water partition coefficient (Wildman–Crippen LogP) is -0.921. The van der Waals surface area contributed by atoms with Gasteiger partial charge in [0.05, 0.1) is 19.6 Å². The molecule has 12 heteroatoms. The number of amides is 4. The summed E-state index contributed by atoms with van der Waals surface area (Å²) in [5.74, 6) is -4.73. The molecule has 12 nitrogen and oxygen atoms in total. The van der Waals surface area contributed by atoms with E-state index in [9.17, 15) is 28.8 Å². The Hall–Kier alpha value is -3.44. The van der Waals surface area contributed by atoms with E-state index in [1.165, 1.54) is 6.92 Å². The number of carbonyl (C=O) groups excluding carboxylic acids is 6. The maximum Gasteiger partial charge on any atom is 0.340 e. The molecule has 186 valence electrons. The highest BCUT2D eigenvalue weighted by Crippen LogP contribution is 2.12. The van der Waals surface area contributed by atoms with Crippen LogP contribution in [-0.2, 0) is 38.2 Å². The van der Waals surface area contributed by atoms with E-state index in [2.05, 4.69) is 27.8 Å². The van der Waals surface area contributed by atoms with Crippen LogP contribution in [0.2, 0.25) is 0 Å². The lowest BCUT2D eigenvalue weighted by Crippen LogP contribution is -2.53. The van der Waals surface area contributed by atoms with Gasteiger partial charge in [-0.2, -0.15) is 0 Å². The summed E-state index contributed by atoms with van der Waals surface area (Å²) in [7, 11) is 0. The molecule has 0 rings (SSSR count). The predicted molar refractivity (Wildman–Crippen MR) is 117 cm³/mol. The Balaban J connectivity index is 4.76. The molecule has 0 atom stereocenters. The summed E-state index contributed by atoms with van der Waals surface area (Å²) in [6.45, 7) is 13.1. The van der Waals surface area contributed by atoms with Gasteiger partial charge in [0.1, 0.15) is 11.2 Å². The minimum atomic E-state index is -1.73. The van der Waals surface area contributed by atoms with Crippen LogP contribution in [-0.4, -0.2) is 72.4 Å². The van der Waals surface area contributed by atoms with E-state index in [1.807, 2.05) is 0 Å². The van der Waals surface area contributed by atoms with Crippen LogP contribution < -0.4 is 21.3 Å². The van der Waals surface area contributed by atoms with Crippen molar-refractivity contribution in [1.29, 1.82) is 0 Å². The Morgan fingerprint density at radius 1 is 0.697 bits per heavy atom.